The highest BCUT2D eigenvalue weighted by atomic mass is 32.2. The molecule has 1 fully saturated rings. The molecule has 0 aliphatic heterocycles. The maximum absolute atomic E-state index is 10.9. The van der Waals surface area contributed by atoms with Crippen molar-refractivity contribution in [3.05, 3.63) is 0 Å². The lowest BCUT2D eigenvalue weighted by molar-refractivity contribution is 0.150. The van der Waals surface area contributed by atoms with Gasteiger partial charge in [-0.1, -0.05) is 6.92 Å². The molecule has 0 radical (unpaired) electrons. The predicted octanol–water partition coefficient (Wildman–Crippen LogP) is 1.38. The molecular formula is C8H17NO2S. The minimum Gasteiger partial charge on any atom is -0.275 e. The predicted molar refractivity (Wildman–Crippen MR) is 49.7 cm³/mol. The topological polar surface area (TPSA) is 38.3 Å². The molecule has 1 aliphatic rings. The average molecular weight is 191 g/mol. The first-order chi connectivity index (χ1) is 5.72. The van der Waals surface area contributed by atoms with Gasteiger partial charge in [0, 0.05) is 0 Å². The van der Waals surface area contributed by atoms with Crippen LogP contribution in [0.3, 0.4) is 0 Å². The highest BCUT2D eigenvalue weighted by molar-refractivity contribution is 7.78. The van der Waals surface area contributed by atoms with Crippen LogP contribution in [0.25, 0.3) is 0 Å². The summed E-state index contributed by atoms with van der Waals surface area (Å²) in [6.07, 6.45) is 4.70. The van der Waals surface area contributed by atoms with E-state index in [1.54, 1.807) is 7.05 Å². The molecule has 0 spiro atoms. The van der Waals surface area contributed by atoms with Crippen molar-refractivity contribution in [2.45, 2.75) is 38.7 Å². The lowest BCUT2D eigenvalue weighted by Gasteiger charge is -2.24. The summed E-state index contributed by atoms with van der Waals surface area (Å²) in [7, 11) is 1.64. The molecule has 1 rings (SSSR count). The summed E-state index contributed by atoms with van der Waals surface area (Å²) in [4.78, 5) is 0. The Morgan fingerprint density at radius 3 is 2.42 bits per heavy atom. The molecular weight excluding hydrogens is 174 g/mol. The van der Waals surface area contributed by atoms with Gasteiger partial charge in [-0.2, -0.15) is 0 Å². The molecule has 12 heavy (non-hydrogen) atoms. The Balaban J connectivity index is 2.21. The summed E-state index contributed by atoms with van der Waals surface area (Å²) in [5, 5.41) is 0. The summed E-state index contributed by atoms with van der Waals surface area (Å²) >= 11 is -1.29. The first kappa shape index (κ1) is 10.2. The van der Waals surface area contributed by atoms with Crippen LogP contribution in [0.1, 0.15) is 32.6 Å². The normalized spacial score (nSPS) is 33.2. The van der Waals surface area contributed by atoms with Crippen molar-refractivity contribution in [2.24, 2.45) is 5.92 Å². The van der Waals surface area contributed by atoms with Gasteiger partial charge in [0.25, 0.3) is 0 Å². The van der Waals surface area contributed by atoms with Crippen molar-refractivity contribution >= 4 is 11.3 Å². The molecule has 3 nitrogen and oxygen atoms in total. The van der Waals surface area contributed by atoms with Crippen molar-refractivity contribution in [2.75, 3.05) is 7.05 Å². The molecule has 0 aromatic carbocycles. The van der Waals surface area contributed by atoms with E-state index in [1.807, 2.05) is 0 Å². The second-order valence-corrected chi connectivity index (χ2v) is 4.49. The van der Waals surface area contributed by atoms with Crippen LogP contribution in [0.15, 0.2) is 0 Å². The first-order valence-electron chi connectivity index (χ1n) is 4.48. The summed E-state index contributed by atoms with van der Waals surface area (Å²) in [6.45, 7) is 2.26. The van der Waals surface area contributed by atoms with E-state index in [-0.39, 0.29) is 6.10 Å². The summed E-state index contributed by atoms with van der Waals surface area (Å²) in [6, 6.07) is 0. The second kappa shape index (κ2) is 4.94. The second-order valence-electron chi connectivity index (χ2n) is 3.42. The zero-order chi connectivity index (χ0) is 8.97. The molecule has 0 aromatic rings. The van der Waals surface area contributed by atoms with Gasteiger partial charge in [-0.3, -0.25) is 4.18 Å². The third-order valence-electron chi connectivity index (χ3n) is 2.35. The maximum atomic E-state index is 10.9. The summed E-state index contributed by atoms with van der Waals surface area (Å²) in [5.74, 6) is 0.813. The lowest BCUT2D eigenvalue weighted by atomic mass is 9.89. The lowest BCUT2D eigenvalue weighted by Crippen LogP contribution is -2.25. The fraction of sp³-hybridized carbons (Fsp3) is 1.00. The van der Waals surface area contributed by atoms with E-state index < -0.39 is 11.3 Å². The fourth-order valence-electron chi connectivity index (χ4n) is 1.50. The minimum absolute atomic E-state index is 0.203. The van der Waals surface area contributed by atoms with Crippen LogP contribution < -0.4 is 4.72 Å². The third kappa shape index (κ3) is 3.21. The van der Waals surface area contributed by atoms with E-state index in [0.717, 1.165) is 18.8 Å². The van der Waals surface area contributed by atoms with Crippen LogP contribution >= 0.6 is 0 Å². The van der Waals surface area contributed by atoms with Gasteiger partial charge in [-0.05, 0) is 38.6 Å². The van der Waals surface area contributed by atoms with Gasteiger partial charge in [-0.15, -0.1) is 0 Å². The molecule has 0 amide bonds. The Morgan fingerprint density at radius 1 is 1.33 bits per heavy atom. The average Bonchev–Trinajstić information content (AvgIpc) is 2.09. The number of rotatable bonds is 3. The highest BCUT2D eigenvalue weighted by Crippen LogP contribution is 2.25. The molecule has 1 aliphatic carbocycles. The Labute approximate surface area is 76.7 Å². The summed E-state index contributed by atoms with van der Waals surface area (Å²) in [5.41, 5.74) is 0. The Hall–Kier alpha value is 0.0700. The first-order valence-corrected chi connectivity index (χ1v) is 5.56. The fourth-order valence-corrected chi connectivity index (χ4v) is 2.03. The van der Waals surface area contributed by atoms with E-state index in [9.17, 15) is 4.21 Å². The Bertz CT molecular complexity index is 155. The molecule has 1 unspecified atom stereocenters. The van der Waals surface area contributed by atoms with Crippen LogP contribution in [-0.4, -0.2) is 17.4 Å². The quantitative estimate of drug-likeness (QED) is 0.732. The van der Waals surface area contributed by atoms with Crippen molar-refractivity contribution in [3.8, 4) is 0 Å². The van der Waals surface area contributed by atoms with E-state index in [4.69, 9.17) is 4.18 Å². The van der Waals surface area contributed by atoms with E-state index in [2.05, 4.69) is 11.6 Å². The molecule has 1 saturated carbocycles. The molecule has 1 atom stereocenters. The van der Waals surface area contributed by atoms with Crippen LogP contribution in [0.4, 0.5) is 0 Å². The highest BCUT2D eigenvalue weighted by Gasteiger charge is 2.20. The zero-order valence-corrected chi connectivity index (χ0v) is 8.52. The van der Waals surface area contributed by atoms with Crippen LogP contribution in [0.2, 0.25) is 0 Å². The molecule has 72 valence electrons. The van der Waals surface area contributed by atoms with Crippen molar-refractivity contribution in [1.82, 2.24) is 4.72 Å². The van der Waals surface area contributed by atoms with Crippen LogP contribution in [0, 0.1) is 5.92 Å². The van der Waals surface area contributed by atoms with E-state index >= 15 is 0 Å². The van der Waals surface area contributed by atoms with E-state index in [0.29, 0.717) is 0 Å². The van der Waals surface area contributed by atoms with Crippen molar-refractivity contribution < 1.29 is 8.39 Å². The van der Waals surface area contributed by atoms with Gasteiger partial charge < -0.3 is 0 Å². The van der Waals surface area contributed by atoms with Crippen molar-refractivity contribution in [1.29, 1.82) is 0 Å². The molecule has 0 aromatic heterocycles. The number of hydrogen-bond donors (Lipinski definition) is 1. The zero-order valence-electron chi connectivity index (χ0n) is 7.71. The molecule has 0 heterocycles. The van der Waals surface area contributed by atoms with Gasteiger partial charge in [0.1, 0.15) is 0 Å². The Kier molecular flexibility index (Phi) is 4.18. The standard InChI is InChI=1S/C8H17NO2S/c1-7-3-5-8(6-4-7)11-12(10)9-2/h7-9H,3-6H2,1-2H3. The molecule has 0 saturated heterocycles. The Morgan fingerprint density at radius 2 is 1.92 bits per heavy atom. The van der Waals surface area contributed by atoms with Gasteiger partial charge in [0.2, 0.25) is 11.3 Å². The summed E-state index contributed by atoms with van der Waals surface area (Å²) < 4.78 is 18.8. The largest absolute Gasteiger partial charge is 0.275 e. The molecule has 4 heteroatoms. The maximum Gasteiger partial charge on any atom is 0.234 e. The van der Waals surface area contributed by atoms with Crippen LogP contribution in [0.5, 0.6) is 0 Å². The molecule has 1 N–H and O–H groups in total. The SMILES string of the molecule is CNS(=O)OC1CCC(C)CC1. The number of nitrogens with one attached hydrogen (secondary N) is 1. The van der Waals surface area contributed by atoms with Gasteiger partial charge in [0.05, 0.1) is 6.10 Å². The van der Waals surface area contributed by atoms with Gasteiger partial charge in [-0.25, -0.2) is 8.93 Å². The van der Waals surface area contributed by atoms with Gasteiger partial charge >= 0.3 is 0 Å². The van der Waals surface area contributed by atoms with E-state index in [1.165, 1.54) is 12.8 Å². The third-order valence-corrected chi connectivity index (χ3v) is 3.13. The monoisotopic (exact) mass is 191 g/mol. The minimum atomic E-state index is -1.29. The molecule has 0 bridgehead atoms. The smallest absolute Gasteiger partial charge is 0.234 e. The van der Waals surface area contributed by atoms with Crippen molar-refractivity contribution in [3.63, 3.8) is 0 Å². The number of hydrogen-bond acceptors (Lipinski definition) is 2. The van der Waals surface area contributed by atoms with Gasteiger partial charge in [0.15, 0.2) is 0 Å². The van der Waals surface area contributed by atoms with Crippen LogP contribution in [-0.2, 0) is 15.4 Å².